The molecule has 0 unspecified atom stereocenters. The van der Waals surface area contributed by atoms with E-state index in [0.29, 0.717) is 26.3 Å². The summed E-state index contributed by atoms with van der Waals surface area (Å²) in [6, 6.07) is 0. The van der Waals surface area contributed by atoms with E-state index in [9.17, 15) is 4.79 Å². The van der Waals surface area contributed by atoms with Gasteiger partial charge in [0.1, 0.15) is 0 Å². The number of rotatable bonds is 1. The van der Waals surface area contributed by atoms with Crippen molar-refractivity contribution in [2.45, 2.75) is 62.3 Å². The average Bonchev–Trinajstić information content (AvgIpc) is 1.91. The third kappa shape index (κ3) is 4.76. The van der Waals surface area contributed by atoms with E-state index in [4.69, 9.17) is 0 Å². The van der Waals surface area contributed by atoms with E-state index in [1.165, 1.54) is 5.57 Å². The van der Waals surface area contributed by atoms with Crippen LogP contribution in [0.15, 0.2) is 11.1 Å². The fraction of sp³-hybridized carbons (Fsp3) is 0.800. The predicted octanol–water partition coefficient (Wildman–Crippen LogP) is 3.85. The van der Waals surface area contributed by atoms with Crippen LogP contribution in [-0.2, 0) is 4.79 Å². The molecule has 2 radical (unpaired) electrons. The molecule has 0 fully saturated rings. The molecule has 0 spiro atoms. The Hall–Kier alpha value is 0.209. The van der Waals surface area contributed by atoms with Gasteiger partial charge in [-0.2, -0.15) is 0 Å². The van der Waals surface area contributed by atoms with E-state index in [1.54, 1.807) is 0 Å². The van der Waals surface area contributed by atoms with Crippen LogP contribution >= 0.6 is 0 Å². The van der Waals surface area contributed by atoms with Gasteiger partial charge >= 0.3 is 121 Å². The Morgan fingerprint density at radius 2 is 1.00 bits per heavy atom. The second-order valence-corrected chi connectivity index (χ2v) is 9.36. The molecule has 0 saturated heterocycles. The summed E-state index contributed by atoms with van der Waals surface area (Å²) >= 11 is 0.671. The molecule has 0 aliphatic carbocycles. The number of hydrogen-bond acceptors (Lipinski definition) is 1. The summed E-state index contributed by atoms with van der Waals surface area (Å²) in [6.07, 6.45) is 0. The topological polar surface area (TPSA) is 17.1 Å². The van der Waals surface area contributed by atoms with Crippen LogP contribution in [0.3, 0.4) is 0 Å². The van der Waals surface area contributed by atoms with Crippen molar-refractivity contribution in [2.24, 2.45) is 16.2 Å². The summed E-state index contributed by atoms with van der Waals surface area (Å²) in [5, 5.41) is 0. The molecule has 0 aliphatic rings. The molecular formula is C15H28OSn. The molecule has 0 aliphatic heterocycles. The van der Waals surface area contributed by atoms with Gasteiger partial charge in [0.2, 0.25) is 0 Å². The Kier molecular flexibility index (Phi) is 5.13. The molecule has 0 saturated carbocycles. The zero-order chi connectivity index (χ0) is 14.2. The van der Waals surface area contributed by atoms with E-state index in [-0.39, 0.29) is 16.2 Å². The minimum absolute atomic E-state index is 0.0412. The molecule has 0 heterocycles. The first kappa shape index (κ1) is 17.2. The fourth-order valence-electron chi connectivity index (χ4n) is 2.74. The van der Waals surface area contributed by atoms with Crippen LogP contribution in [0.2, 0.25) is 0 Å². The van der Waals surface area contributed by atoms with Crippen LogP contribution in [0.25, 0.3) is 0 Å². The zero-order valence-electron chi connectivity index (χ0n) is 13.0. The Bertz CT molecular complexity index is 313. The van der Waals surface area contributed by atoms with Crippen LogP contribution in [0.4, 0.5) is 0 Å². The number of hydrogen-bond donors (Lipinski definition) is 0. The third-order valence-corrected chi connectivity index (χ3v) is 3.57. The number of carbonyl (C=O) groups excluding carboxylic acids is 1. The van der Waals surface area contributed by atoms with E-state index in [1.807, 2.05) is 0 Å². The first-order chi connectivity index (χ1) is 7.19. The molecule has 98 valence electrons. The molecule has 2 heteroatoms. The molecule has 0 aromatic heterocycles. The van der Waals surface area contributed by atoms with Crippen molar-refractivity contribution < 1.29 is 4.79 Å². The normalized spacial score (nSPS) is 13.5. The van der Waals surface area contributed by atoms with Crippen molar-refractivity contribution >= 4 is 26.3 Å². The van der Waals surface area contributed by atoms with Crippen molar-refractivity contribution in [1.29, 1.82) is 0 Å². The molecule has 0 amide bonds. The second kappa shape index (κ2) is 5.06. The van der Waals surface area contributed by atoms with Crippen LogP contribution in [0, 0.1) is 16.2 Å². The molecule has 0 atom stereocenters. The summed E-state index contributed by atoms with van der Waals surface area (Å²) in [5.41, 5.74) is 2.39. The van der Waals surface area contributed by atoms with Gasteiger partial charge in [-0.3, -0.25) is 0 Å². The van der Waals surface area contributed by atoms with E-state index >= 15 is 0 Å². The van der Waals surface area contributed by atoms with Crippen LogP contribution in [0.5, 0.6) is 0 Å². The van der Waals surface area contributed by atoms with E-state index < -0.39 is 0 Å². The maximum atomic E-state index is 12.1. The van der Waals surface area contributed by atoms with Crippen molar-refractivity contribution in [3.8, 4) is 0 Å². The Morgan fingerprint density at radius 1 is 0.706 bits per heavy atom. The number of allylic oxidation sites excluding steroid dienone is 2. The maximum absolute atomic E-state index is 12.1. The van der Waals surface area contributed by atoms with Crippen molar-refractivity contribution in [1.82, 2.24) is 0 Å². The average molecular weight is 343 g/mol. The summed E-state index contributed by atoms with van der Waals surface area (Å²) < 4.78 is 0.336. The van der Waals surface area contributed by atoms with Gasteiger partial charge in [0.25, 0.3) is 0 Å². The van der Waals surface area contributed by atoms with Crippen LogP contribution in [0.1, 0.15) is 62.3 Å². The molecule has 0 rings (SSSR count). The molecule has 1 nitrogen and oxygen atoms in total. The van der Waals surface area contributed by atoms with Crippen LogP contribution < -0.4 is 0 Å². The molecule has 17 heavy (non-hydrogen) atoms. The van der Waals surface area contributed by atoms with Gasteiger partial charge in [0.15, 0.2) is 0 Å². The first-order valence-electron chi connectivity index (χ1n) is 6.24. The molecule has 0 N–H and O–H groups in total. The quantitative estimate of drug-likeness (QED) is 0.522. The van der Waals surface area contributed by atoms with Crippen LogP contribution in [-0.4, -0.2) is 26.3 Å². The Labute approximate surface area is 121 Å². The third-order valence-electron chi connectivity index (χ3n) is 2.75. The van der Waals surface area contributed by atoms with Gasteiger partial charge in [-0.05, 0) is 0 Å². The van der Waals surface area contributed by atoms with Gasteiger partial charge in [-0.1, -0.05) is 0 Å². The first-order valence-corrected chi connectivity index (χ1v) is 7.89. The predicted molar refractivity (Wildman–Crippen MR) is 77.5 cm³/mol. The van der Waals surface area contributed by atoms with Crippen molar-refractivity contribution in [3.63, 3.8) is 0 Å². The summed E-state index contributed by atoms with van der Waals surface area (Å²) in [4.78, 5) is 12.1. The minimum atomic E-state index is -0.0630. The standard InChI is InChI=1S/C15H27O.Sn.H/c1-13(2,3)11(10-16)12(14(4,5)6)15(7,8)9;;/h1-9H3;;. The molecule has 0 aromatic carbocycles. The zero-order valence-corrected chi connectivity index (χ0v) is 16.3. The summed E-state index contributed by atoms with van der Waals surface area (Å²) in [7, 11) is 0. The fourth-order valence-corrected chi connectivity index (χ4v) is 4.39. The van der Waals surface area contributed by atoms with Gasteiger partial charge in [-0.15, -0.1) is 0 Å². The van der Waals surface area contributed by atoms with Gasteiger partial charge in [0, 0.05) is 0 Å². The van der Waals surface area contributed by atoms with Gasteiger partial charge in [-0.25, -0.2) is 0 Å². The van der Waals surface area contributed by atoms with E-state index in [2.05, 4.69) is 62.3 Å². The molecule has 0 aromatic rings. The molecular weight excluding hydrogens is 315 g/mol. The Morgan fingerprint density at radius 3 is 1.06 bits per heavy atom. The summed E-state index contributed by atoms with van der Waals surface area (Å²) in [5.74, 6) is 0. The molecule has 0 bridgehead atoms. The Balaban J connectivity index is 6.27. The van der Waals surface area contributed by atoms with E-state index in [0.717, 1.165) is 5.57 Å². The van der Waals surface area contributed by atoms with Gasteiger partial charge < -0.3 is 0 Å². The number of carbonyl (C=O) groups is 1. The monoisotopic (exact) mass is 344 g/mol. The SMILES string of the molecule is CC(C)(C)C([C](=O)[SnH])=C(C(C)(C)C)C(C)(C)C. The van der Waals surface area contributed by atoms with Crippen molar-refractivity contribution in [2.75, 3.05) is 0 Å². The second-order valence-electron chi connectivity index (χ2n) is 7.86. The summed E-state index contributed by atoms with van der Waals surface area (Å²) in [6.45, 7) is 19.7. The van der Waals surface area contributed by atoms with Gasteiger partial charge in [0.05, 0.1) is 0 Å². The van der Waals surface area contributed by atoms with Crippen molar-refractivity contribution in [3.05, 3.63) is 11.1 Å².